The van der Waals surface area contributed by atoms with Crippen LogP contribution in [-0.4, -0.2) is 80.0 Å². The maximum absolute atomic E-state index is 10.1. The summed E-state index contributed by atoms with van der Waals surface area (Å²) >= 11 is 0. The van der Waals surface area contributed by atoms with Crippen LogP contribution in [0, 0.1) is 0 Å². The highest BCUT2D eigenvalue weighted by Gasteiger charge is 2.20. The molecule has 0 aromatic carbocycles. The van der Waals surface area contributed by atoms with Crippen molar-refractivity contribution < 1.29 is 49.5 Å². The van der Waals surface area contributed by atoms with Crippen LogP contribution >= 0.6 is 0 Å². The molecule has 13 nitrogen and oxygen atoms in total. The van der Waals surface area contributed by atoms with Crippen molar-refractivity contribution in [1.82, 2.24) is 5.32 Å². The average molecular weight is 395 g/mol. The Morgan fingerprint density at radius 1 is 0.889 bits per heavy atom. The van der Waals surface area contributed by atoms with Gasteiger partial charge in [-0.15, -0.1) is 0 Å². The second-order valence-corrected chi connectivity index (χ2v) is 5.41. The molecule has 1 aliphatic heterocycles. The van der Waals surface area contributed by atoms with E-state index >= 15 is 0 Å². The topological polar surface area (TPSA) is 251 Å². The maximum Gasteiger partial charge on any atom is 0.321 e. The van der Waals surface area contributed by atoms with Gasteiger partial charge < -0.3 is 42.3 Å². The van der Waals surface area contributed by atoms with Gasteiger partial charge in [0.05, 0.1) is 6.42 Å². The molecule has 0 aromatic heterocycles. The van der Waals surface area contributed by atoms with Gasteiger partial charge in [-0.3, -0.25) is 24.0 Å². The Labute approximate surface area is 153 Å². The van der Waals surface area contributed by atoms with Gasteiger partial charge in [-0.2, -0.15) is 0 Å². The Morgan fingerprint density at radius 2 is 1.41 bits per heavy atom. The number of rotatable bonds is 8. The molecule has 27 heavy (non-hydrogen) atoms. The molecule has 0 aliphatic carbocycles. The lowest BCUT2D eigenvalue weighted by atomic mass is 10.2. The predicted molar refractivity (Wildman–Crippen MR) is 89.0 cm³/mol. The first-order valence-corrected chi connectivity index (χ1v) is 7.75. The fourth-order valence-corrected chi connectivity index (χ4v) is 1.57. The zero-order valence-corrected chi connectivity index (χ0v) is 14.4. The summed E-state index contributed by atoms with van der Waals surface area (Å²) in [6.07, 6.45) is 1.03. The van der Waals surface area contributed by atoms with Crippen LogP contribution < -0.4 is 16.8 Å². The molecule has 0 saturated carbocycles. The Kier molecular flexibility index (Phi) is 14.1. The van der Waals surface area contributed by atoms with E-state index in [-0.39, 0.29) is 18.9 Å². The van der Waals surface area contributed by atoms with Crippen molar-refractivity contribution in [3.63, 3.8) is 0 Å². The van der Waals surface area contributed by atoms with E-state index in [4.69, 9.17) is 37.0 Å². The Hall–Kier alpha value is -2.77. The first kappa shape index (κ1) is 26.5. The van der Waals surface area contributed by atoms with Gasteiger partial charge in [-0.1, -0.05) is 0 Å². The van der Waals surface area contributed by atoms with Crippen molar-refractivity contribution in [3.8, 4) is 0 Å². The third-order valence-corrected chi connectivity index (χ3v) is 3.06. The number of carbonyl (C=O) groups is 5. The minimum absolute atomic E-state index is 0.0231. The van der Waals surface area contributed by atoms with Gasteiger partial charge in [0.25, 0.3) is 0 Å². The number of hydrogen-bond acceptors (Lipinski definition) is 8. The third-order valence-electron chi connectivity index (χ3n) is 3.06. The normalized spacial score (nSPS) is 17.2. The molecule has 2 unspecified atom stereocenters. The summed E-state index contributed by atoms with van der Waals surface area (Å²) in [5.41, 5.74) is 9.84. The van der Waals surface area contributed by atoms with Crippen molar-refractivity contribution in [2.75, 3.05) is 6.54 Å². The second kappa shape index (κ2) is 14.4. The largest absolute Gasteiger partial charge is 0.481 e. The SMILES string of the molecule is NC(CC(=O)O)C(=O)O.NC(CCC(=O)O)C(=O)O.O=C(O)[C@@H]1CCCN1. The van der Waals surface area contributed by atoms with Gasteiger partial charge in [0.2, 0.25) is 0 Å². The zero-order valence-electron chi connectivity index (χ0n) is 14.4. The van der Waals surface area contributed by atoms with Crippen LogP contribution in [0.1, 0.15) is 32.1 Å². The summed E-state index contributed by atoms with van der Waals surface area (Å²) in [7, 11) is 0. The van der Waals surface area contributed by atoms with Crippen LogP contribution in [0.25, 0.3) is 0 Å². The highest BCUT2D eigenvalue weighted by atomic mass is 16.4. The lowest BCUT2D eigenvalue weighted by Crippen LogP contribution is -2.32. The molecule has 1 aliphatic rings. The van der Waals surface area contributed by atoms with Crippen LogP contribution in [0.15, 0.2) is 0 Å². The van der Waals surface area contributed by atoms with Gasteiger partial charge >= 0.3 is 29.8 Å². The average Bonchev–Trinajstić information content (AvgIpc) is 3.07. The van der Waals surface area contributed by atoms with Crippen molar-refractivity contribution in [1.29, 1.82) is 0 Å². The molecular weight excluding hydrogens is 370 g/mol. The van der Waals surface area contributed by atoms with Gasteiger partial charge in [0.15, 0.2) is 0 Å². The number of aliphatic carboxylic acids is 5. The minimum Gasteiger partial charge on any atom is -0.481 e. The van der Waals surface area contributed by atoms with E-state index in [1.807, 2.05) is 0 Å². The highest BCUT2D eigenvalue weighted by Crippen LogP contribution is 2.03. The standard InChI is InChI=1S/C5H9NO4.C5H9NO2.C4H7NO4/c6-3(5(9)10)1-2-4(7)8;7-5(8)4-2-1-3-6-4;5-2(4(8)9)1-3(6)7/h3H,1-2,6H2,(H,7,8)(H,9,10);4,6H,1-3H2,(H,7,8);2H,1,5H2,(H,6,7)(H,8,9)/t;4-;/m.0./s1. The van der Waals surface area contributed by atoms with Crippen molar-refractivity contribution in [3.05, 3.63) is 0 Å². The summed E-state index contributed by atoms with van der Waals surface area (Å²) in [6, 6.07) is -2.62. The van der Waals surface area contributed by atoms with E-state index in [0.717, 1.165) is 19.4 Å². The van der Waals surface area contributed by atoms with Crippen LogP contribution in [0.3, 0.4) is 0 Å². The van der Waals surface area contributed by atoms with Crippen LogP contribution in [-0.2, 0) is 24.0 Å². The number of carboxylic acid groups (broad SMARTS) is 5. The first-order valence-electron chi connectivity index (χ1n) is 7.75. The van der Waals surface area contributed by atoms with Crippen molar-refractivity contribution in [2.45, 2.75) is 50.2 Å². The van der Waals surface area contributed by atoms with E-state index in [9.17, 15) is 24.0 Å². The highest BCUT2D eigenvalue weighted by molar-refractivity contribution is 5.80. The fourth-order valence-electron chi connectivity index (χ4n) is 1.57. The molecular formula is C14H25N3O10. The molecule has 1 heterocycles. The molecule has 10 N–H and O–H groups in total. The monoisotopic (exact) mass is 395 g/mol. The van der Waals surface area contributed by atoms with Crippen LogP contribution in [0.2, 0.25) is 0 Å². The van der Waals surface area contributed by atoms with Gasteiger partial charge in [-0.05, 0) is 25.8 Å². The molecule has 0 aromatic rings. The first-order chi connectivity index (χ1) is 12.4. The quantitative estimate of drug-likeness (QED) is 0.221. The Morgan fingerprint density at radius 3 is 1.63 bits per heavy atom. The second-order valence-electron chi connectivity index (χ2n) is 5.41. The summed E-state index contributed by atoms with van der Waals surface area (Å²) in [6.45, 7) is 0.858. The number of hydrogen-bond donors (Lipinski definition) is 8. The number of nitrogens with two attached hydrogens (primary N) is 2. The maximum atomic E-state index is 10.1. The zero-order chi connectivity index (χ0) is 21.6. The van der Waals surface area contributed by atoms with E-state index in [0.29, 0.717) is 0 Å². The van der Waals surface area contributed by atoms with E-state index in [2.05, 4.69) is 5.32 Å². The van der Waals surface area contributed by atoms with Crippen molar-refractivity contribution in [2.24, 2.45) is 11.5 Å². The summed E-state index contributed by atoms with van der Waals surface area (Å²) in [5, 5.41) is 43.5. The van der Waals surface area contributed by atoms with Crippen LogP contribution in [0.5, 0.6) is 0 Å². The Balaban J connectivity index is 0. The smallest absolute Gasteiger partial charge is 0.321 e. The molecule has 3 atom stereocenters. The van der Waals surface area contributed by atoms with E-state index < -0.39 is 48.4 Å². The molecule has 13 heteroatoms. The lowest BCUT2D eigenvalue weighted by Gasteiger charge is -2.01. The molecule has 1 saturated heterocycles. The van der Waals surface area contributed by atoms with Gasteiger partial charge in [0, 0.05) is 6.42 Å². The molecule has 156 valence electrons. The molecule has 1 fully saturated rings. The molecule has 1 rings (SSSR count). The minimum atomic E-state index is -1.29. The molecule has 0 bridgehead atoms. The lowest BCUT2D eigenvalue weighted by molar-refractivity contribution is -0.144. The third kappa shape index (κ3) is 16.4. The summed E-state index contributed by atoms with van der Waals surface area (Å²) in [5.74, 6) is -5.41. The van der Waals surface area contributed by atoms with Gasteiger partial charge in [0.1, 0.15) is 18.1 Å². The summed E-state index contributed by atoms with van der Waals surface area (Å²) in [4.78, 5) is 49.6. The molecule has 0 amide bonds. The van der Waals surface area contributed by atoms with Crippen LogP contribution in [0.4, 0.5) is 0 Å². The number of nitrogens with one attached hydrogen (secondary N) is 1. The summed E-state index contributed by atoms with van der Waals surface area (Å²) < 4.78 is 0. The molecule has 0 spiro atoms. The fraction of sp³-hybridized carbons (Fsp3) is 0.643. The van der Waals surface area contributed by atoms with Gasteiger partial charge in [-0.25, -0.2) is 0 Å². The number of carboxylic acids is 5. The van der Waals surface area contributed by atoms with E-state index in [1.54, 1.807) is 0 Å². The predicted octanol–water partition coefficient (Wildman–Crippen LogP) is -2.04. The molecule has 0 radical (unpaired) electrons. The van der Waals surface area contributed by atoms with E-state index in [1.165, 1.54) is 0 Å². The van der Waals surface area contributed by atoms with Crippen molar-refractivity contribution >= 4 is 29.8 Å². The Bertz CT molecular complexity index is 519.